The third kappa shape index (κ3) is 8.20. The summed E-state index contributed by atoms with van der Waals surface area (Å²) in [4.78, 5) is 73.7. The largest absolute Gasteiger partial charge is 0.453 e. The van der Waals surface area contributed by atoms with E-state index in [1.165, 1.54) is 7.11 Å². The Morgan fingerprint density at radius 1 is 0.782 bits per heavy atom. The number of aromatic nitrogens is 5. The molecule has 0 aliphatic carbocycles. The standard InChI is InChI=1S/C40H43N9O6/c1-24(45-40(53)54-2)37(50)48-19-3-5-32(48)35-43-22-30(46-35)28-11-7-26(8-12-28)27-9-13-29(14-10-27)31-23-44-36(47-31)33-6-4-20-49(33)38(51)34(55-39(41)52)21-25-15-17-42-18-16-25/h7-18,22-24,32-34H,3-6,19-21H2,1-2H3,(H2,41,52)(H,43,46)(H,44,47)(H,45,53)/t24-,32-,33-,34-/m0/s1. The van der Waals surface area contributed by atoms with Gasteiger partial charge in [0.2, 0.25) is 5.91 Å². The topological polar surface area (TPSA) is 202 Å². The molecule has 15 heteroatoms. The van der Waals surface area contributed by atoms with Crippen LogP contribution in [0.2, 0.25) is 0 Å². The van der Waals surface area contributed by atoms with Crippen LogP contribution in [0.15, 0.2) is 85.5 Å². The number of ether oxygens (including phenoxy) is 2. The summed E-state index contributed by atoms with van der Waals surface area (Å²) < 4.78 is 9.92. The van der Waals surface area contributed by atoms with Gasteiger partial charge < -0.3 is 40.3 Å². The highest BCUT2D eigenvalue weighted by atomic mass is 16.6. The molecule has 0 unspecified atom stereocenters. The van der Waals surface area contributed by atoms with Crippen LogP contribution in [0.25, 0.3) is 33.6 Å². The lowest BCUT2D eigenvalue weighted by Crippen LogP contribution is -2.46. The summed E-state index contributed by atoms with van der Waals surface area (Å²) in [5.74, 6) is 0.887. The Hall–Kier alpha value is -6.51. The molecule has 4 atom stereocenters. The number of amides is 4. The summed E-state index contributed by atoms with van der Waals surface area (Å²) in [5.41, 5.74) is 11.8. The Bertz CT molecular complexity index is 2130. The van der Waals surface area contributed by atoms with E-state index in [-0.39, 0.29) is 30.3 Å². The number of hydrogen-bond donors (Lipinski definition) is 4. The quantitative estimate of drug-likeness (QED) is 0.138. The summed E-state index contributed by atoms with van der Waals surface area (Å²) in [7, 11) is 1.27. The number of pyridine rings is 1. The van der Waals surface area contributed by atoms with Gasteiger partial charge in [-0.2, -0.15) is 0 Å². The minimum Gasteiger partial charge on any atom is -0.453 e. The lowest BCUT2D eigenvalue weighted by atomic mass is 10.0. The molecule has 2 saturated heterocycles. The van der Waals surface area contributed by atoms with Gasteiger partial charge in [0.1, 0.15) is 17.7 Å². The maximum absolute atomic E-state index is 13.7. The molecule has 5 N–H and O–H groups in total. The number of carbonyl (C=O) groups excluding carboxylic acids is 4. The number of benzene rings is 2. The molecule has 284 valence electrons. The van der Waals surface area contributed by atoms with Gasteiger partial charge in [-0.05, 0) is 72.6 Å². The number of aromatic amines is 2. The lowest BCUT2D eigenvalue weighted by molar-refractivity contribution is -0.141. The van der Waals surface area contributed by atoms with Crippen LogP contribution in [0.4, 0.5) is 9.59 Å². The van der Waals surface area contributed by atoms with Crippen molar-refractivity contribution in [3.05, 3.63) is 103 Å². The molecule has 4 amide bonds. The first-order valence-electron chi connectivity index (χ1n) is 18.3. The number of methoxy groups -OCH3 is 1. The summed E-state index contributed by atoms with van der Waals surface area (Å²) in [6.45, 7) is 2.75. The van der Waals surface area contributed by atoms with E-state index in [4.69, 9.17) is 10.5 Å². The fourth-order valence-corrected chi connectivity index (χ4v) is 7.40. The van der Waals surface area contributed by atoms with Crippen LogP contribution >= 0.6 is 0 Å². The van der Waals surface area contributed by atoms with Crippen LogP contribution < -0.4 is 11.1 Å². The molecule has 0 spiro atoms. The smallest absolute Gasteiger partial charge is 0.407 e. The van der Waals surface area contributed by atoms with Crippen molar-refractivity contribution in [3.63, 3.8) is 0 Å². The van der Waals surface area contributed by atoms with Gasteiger partial charge in [0.15, 0.2) is 6.10 Å². The Morgan fingerprint density at radius 2 is 1.27 bits per heavy atom. The number of nitrogens with one attached hydrogen (secondary N) is 3. The van der Waals surface area contributed by atoms with Crippen molar-refractivity contribution in [3.8, 4) is 33.6 Å². The number of alkyl carbamates (subject to hydrolysis) is 1. The van der Waals surface area contributed by atoms with Crippen LogP contribution in [0.5, 0.6) is 0 Å². The number of nitrogens with zero attached hydrogens (tertiary/aromatic N) is 5. The van der Waals surface area contributed by atoms with E-state index in [9.17, 15) is 19.2 Å². The van der Waals surface area contributed by atoms with E-state index >= 15 is 0 Å². The molecule has 0 bridgehead atoms. The third-order valence-electron chi connectivity index (χ3n) is 10.2. The van der Waals surface area contributed by atoms with E-state index in [0.717, 1.165) is 64.9 Å². The minimum absolute atomic E-state index is 0.179. The molecule has 0 radical (unpaired) electrons. The molecule has 0 saturated carbocycles. The number of primary amides is 1. The van der Waals surface area contributed by atoms with Crippen molar-refractivity contribution >= 4 is 24.0 Å². The predicted octanol–water partition coefficient (Wildman–Crippen LogP) is 5.31. The van der Waals surface area contributed by atoms with Crippen LogP contribution in [0, 0.1) is 0 Å². The second kappa shape index (κ2) is 16.2. The van der Waals surface area contributed by atoms with Crippen LogP contribution in [-0.2, 0) is 25.5 Å². The maximum Gasteiger partial charge on any atom is 0.407 e. The zero-order valence-electron chi connectivity index (χ0n) is 30.6. The van der Waals surface area contributed by atoms with Gasteiger partial charge in [0.05, 0.1) is 43.0 Å². The molecule has 55 heavy (non-hydrogen) atoms. The van der Waals surface area contributed by atoms with Gasteiger partial charge in [-0.1, -0.05) is 48.5 Å². The second-order valence-electron chi connectivity index (χ2n) is 13.7. The maximum atomic E-state index is 13.7. The molecule has 2 aliphatic rings. The number of rotatable bonds is 11. The number of hydrogen-bond acceptors (Lipinski definition) is 9. The zero-order chi connectivity index (χ0) is 38.5. The van der Waals surface area contributed by atoms with Crippen molar-refractivity contribution in [2.45, 2.75) is 63.3 Å². The van der Waals surface area contributed by atoms with E-state index in [1.807, 2.05) is 24.3 Å². The monoisotopic (exact) mass is 745 g/mol. The molecule has 5 aromatic rings. The summed E-state index contributed by atoms with van der Waals surface area (Å²) in [6.07, 6.45) is 7.43. The molecule has 2 fully saturated rings. The van der Waals surface area contributed by atoms with Crippen molar-refractivity contribution in [2.75, 3.05) is 20.2 Å². The number of H-pyrrole nitrogens is 2. The van der Waals surface area contributed by atoms with Gasteiger partial charge in [-0.25, -0.2) is 19.6 Å². The second-order valence-corrected chi connectivity index (χ2v) is 13.7. The first-order valence-corrected chi connectivity index (χ1v) is 18.3. The Kier molecular flexibility index (Phi) is 10.9. The third-order valence-corrected chi connectivity index (χ3v) is 10.2. The van der Waals surface area contributed by atoms with Gasteiger partial charge in [0.25, 0.3) is 5.91 Å². The first kappa shape index (κ1) is 36.8. The van der Waals surface area contributed by atoms with E-state index in [1.54, 1.807) is 53.6 Å². The average molecular weight is 746 g/mol. The van der Waals surface area contributed by atoms with E-state index in [2.05, 4.69) is 59.2 Å². The molecule has 7 rings (SSSR count). The predicted molar refractivity (Wildman–Crippen MR) is 202 cm³/mol. The highest BCUT2D eigenvalue weighted by Gasteiger charge is 2.37. The number of imidazole rings is 2. The van der Waals surface area contributed by atoms with Crippen molar-refractivity contribution in [1.82, 2.24) is 40.0 Å². The van der Waals surface area contributed by atoms with Crippen LogP contribution in [-0.4, -0.2) is 91.1 Å². The van der Waals surface area contributed by atoms with Gasteiger partial charge in [-0.15, -0.1) is 0 Å². The van der Waals surface area contributed by atoms with Crippen molar-refractivity contribution < 1.29 is 28.7 Å². The Morgan fingerprint density at radius 3 is 1.76 bits per heavy atom. The van der Waals surface area contributed by atoms with Crippen molar-refractivity contribution in [1.29, 1.82) is 0 Å². The first-order chi connectivity index (χ1) is 26.7. The Labute approximate surface area is 317 Å². The number of likely N-dealkylation sites (tertiary alicyclic amines) is 2. The fraction of sp³-hybridized carbons (Fsp3) is 0.325. The summed E-state index contributed by atoms with van der Waals surface area (Å²) in [5, 5.41) is 2.55. The highest BCUT2D eigenvalue weighted by Crippen LogP contribution is 2.35. The van der Waals surface area contributed by atoms with Gasteiger partial charge in [0, 0.05) is 31.9 Å². The summed E-state index contributed by atoms with van der Waals surface area (Å²) >= 11 is 0. The number of carbonyl (C=O) groups is 4. The van der Waals surface area contributed by atoms with E-state index in [0.29, 0.717) is 24.7 Å². The molecule has 5 heterocycles. The van der Waals surface area contributed by atoms with Crippen LogP contribution in [0.1, 0.15) is 61.9 Å². The zero-order valence-corrected chi connectivity index (χ0v) is 30.6. The summed E-state index contributed by atoms with van der Waals surface area (Å²) in [6, 6.07) is 18.7. The van der Waals surface area contributed by atoms with Gasteiger partial charge >= 0.3 is 12.2 Å². The minimum atomic E-state index is -1.05. The molecular weight excluding hydrogens is 702 g/mol. The lowest BCUT2D eigenvalue weighted by Gasteiger charge is -2.27. The molecule has 3 aromatic heterocycles. The fourth-order valence-electron chi connectivity index (χ4n) is 7.40. The van der Waals surface area contributed by atoms with Gasteiger partial charge in [-0.3, -0.25) is 14.6 Å². The molecule has 2 aromatic carbocycles. The normalized spacial score (nSPS) is 17.8. The average Bonchev–Trinajstić information content (AvgIpc) is 4.04. The molecule has 2 aliphatic heterocycles. The SMILES string of the molecule is COC(=O)N[C@@H](C)C(=O)N1CCC[C@H]1c1ncc(-c2ccc(-c3ccc(-c4cnc([C@@H]5CCCN5C(=O)[C@H](Cc5ccncc5)OC(N)=O)[nH]4)cc3)cc2)[nH]1. The molecule has 15 nitrogen and oxygen atoms in total. The van der Waals surface area contributed by atoms with Crippen LogP contribution in [0.3, 0.4) is 0 Å². The number of nitrogens with two attached hydrogens (primary N) is 1. The Balaban J connectivity index is 0.994. The van der Waals surface area contributed by atoms with Crippen molar-refractivity contribution in [2.24, 2.45) is 5.73 Å². The van der Waals surface area contributed by atoms with E-state index < -0.39 is 24.3 Å². The highest BCUT2D eigenvalue weighted by molar-refractivity contribution is 5.86. The molecular formula is C40H43N9O6.